The van der Waals surface area contributed by atoms with Gasteiger partial charge in [0.1, 0.15) is 6.20 Å². The van der Waals surface area contributed by atoms with Crippen molar-refractivity contribution in [1.29, 1.82) is 0 Å². The van der Waals surface area contributed by atoms with Gasteiger partial charge in [-0.1, -0.05) is 19.3 Å². The van der Waals surface area contributed by atoms with Gasteiger partial charge >= 0.3 is 0 Å². The first-order chi connectivity index (χ1) is 5.47. The summed E-state index contributed by atoms with van der Waals surface area (Å²) in [5.41, 5.74) is 0. The predicted molar refractivity (Wildman–Crippen MR) is 46.8 cm³/mol. The van der Waals surface area contributed by atoms with E-state index in [1.165, 1.54) is 37.1 Å². The molecule has 0 atom stereocenters. The second-order valence-corrected chi connectivity index (χ2v) is 4.04. The molecule has 11 heavy (non-hydrogen) atoms. The van der Waals surface area contributed by atoms with Crippen LogP contribution in [-0.2, 0) is 0 Å². The number of nitrogens with zero attached hydrogens (tertiary/aromatic N) is 1. The Hall–Kier alpha value is -0.370. The molecule has 0 N–H and O–H groups in total. The fourth-order valence-corrected chi connectivity index (χ4v) is 2.50. The van der Waals surface area contributed by atoms with Crippen molar-refractivity contribution in [2.75, 3.05) is 0 Å². The van der Waals surface area contributed by atoms with E-state index in [2.05, 4.69) is 11.2 Å². The second kappa shape index (κ2) is 3.35. The van der Waals surface area contributed by atoms with Crippen LogP contribution in [-0.4, -0.2) is 4.98 Å². The number of aromatic nitrogens is 1. The summed E-state index contributed by atoms with van der Waals surface area (Å²) >= 11 is 1.76. The van der Waals surface area contributed by atoms with Gasteiger partial charge in [0.05, 0.1) is 5.01 Å². The van der Waals surface area contributed by atoms with Gasteiger partial charge in [0.25, 0.3) is 0 Å². The second-order valence-electron chi connectivity index (χ2n) is 3.15. The van der Waals surface area contributed by atoms with Crippen LogP contribution in [0.1, 0.15) is 43.0 Å². The van der Waals surface area contributed by atoms with E-state index >= 15 is 0 Å². The van der Waals surface area contributed by atoms with E-state index in [0.29, 0.717) is 0 Å². The Morgan fingerprint density at radius 2 is 2.18 bits per heavy atom. The van der Waals surface area contributed by atoms with Crippen LogP contribution in [0.25, 0.3) is 0 Å². The van der Waals surface area contributed by atoms with Crippen molar-refractivity contribution in [1.82, 2.24) is 4.98 Å². The molecule has 0 aliphatic heterocycles. The molecule has 1 radical (unpaired) electrons. The van der Waals surface area contributed by atoms with Gasteiger partial charge in [-0.25, -0.2) is 4.98 Å². The lowest BCUT2D eigenvalue weighted by atomic mass is 9.90. The zero-order valence-electron chi connectivity index (χ0n) is 6.55. The van der Waals surface area contributed by atoms with Crippen molar-refractivity contribution >= 4 is 11.3 Å². The molecule has 2 heteroatoms. The first-order valence-corrected chi connectivity index (χ1v) is 5.16. The van der Waals surface area contributed by atoms with E-state index in [1.807, 2.05) is 5.38 Å². The monoisotopic (exact) mass is 166 g/mol. The minimum Gasteiger partial charge on any atom is -0.239 e. The molecule has 0 aromatic carbocycles. The van der Waals surface area contributed by atoms with Crippen LogP contribution in [0.15, 0.2) is 5.38 Å². The van der Waals surface area contributed by atoms with Crippen LogP contribution in [0.5, 0.6) is 0 Å². The first kappa shape index (κ1) is 7.29. The lowest BCUT2D eigenvalue weighted by Gasteiger charge is -2.18. The summed E-state index contributed by atoms with van der Waals surface area (Å²) in [6.07, 6.45) is 9.80. The van der Waals surface area contributed by atoms with Gasteiger partial charge in [-0.3, -0.25) is 0 Å². The molecule has 1 aromatic heterocycles. The molecule has 1 nitrogen and oxygen atoms in total. The molecule has 0 unspecified atom stereocenters. The normalized spacial score (nSPS) is 20.4. The summed E-state index contributed by atoms with van der Waals surface area (Å²) in [7, 11) is 0. The fourth-order valence-electron chi connectivity index (χ4n) is 1.74. The molecule has 0 spiro atoms. The molecule has 0 bridgehead atoms. The van der Waals surface area contributed by atoms with Crippen molar-refractivity contribution in [3.63, 3.8) is 0 Å². The number of hydrogen-bond donors (Lipinski definition) is 0. The minimum atomic E-state index is 0.764. The lowest BCUT2D eigenvalue weighted by Crippen LogP contribution is -2.03. The first-order valence-electron chi connectivity index (χ1n) is 4.28. The van der Waals surface area contributed by atoms with Crippen LogP contribution in [0, 0.1) is 6.20 Å². The van der Waals surface area contributed by atoms with Crippen LogP contribution < -0.4 is 0 Å². The molecular weight excluding hydrogens is 154 g/mol. The topological polar surface area (TPSA) is 12.9 Å². The van der Waals surface area contributed by atoms with Gasteiger partial charge in [0.2, 0.25) is 0 Å². The molecule has 1 heterocycles. The highest BCUT2D eigenvalue weighted by Crippen LogP contribution is 2.33. The Morgan fingerprint density at radius 1 is 1.36 bits per heavy atom. The van der Waals surface area contributed by atoms with E-state index < -0.39 is 0 Å². The average molecular weight is 166 g/mol. The third kappa shape index (κ3) is 1.62. The van der Waals surface area contributed by atoms with E-state index in [4.69, 9.17) is 0 Å². The number of hydrogen-bond acceptors (Lipinski definition) is 2. The molecule has 1 saturated carbocycles. The van der Waals surface area contributed by atoms with Crippen LogP contribution in [0.4, 0.5) is 0 Å². The Balaban J connectivity index is 2.04. The van der Waals surface area contributed by atoms with E-state index in [1.54, 1.807) is 11.3 Å². The number of rotatable bonds is 1. The molecule has 2 rings (SSSR count). The van der Waals surface area contributed by atoms with Gasteiger partial charge < -0.3 is 0 Å². The van der Waals surface area contributed by atoms with Gasteiger partial charge in [0, 0.05) is 11.3 Å². The highest BCUT2D eigenvalue weighted by Gasteiger charge is 2.16. The van der Waals surface area contributed by atoms with Crippen molar-refractivity contribution in [3.05, 3.63) is 16.6 Å². The van der Waals surface area contributed by atoms with Crippen LogP contribution in [0.2, 0.25) is 0 Å². The maximum absolute atomic E-state index is 4.23. The average Bonchev–Trinajstić information content (AvgIpc) is 2.58. The van der Waals surface area contributed by atoms with Gasteiger partial charge in [-0.15, -0.1) is 11.3 Å². The summed E-state index contributed by atoms with van der Waals surface area (Å²) in [6.45, 7) is 0. The molecule has 0 saturated heterocycles. The summed E-state index contributed by atoms with van der Waals surface area (Å²) in [5.74, 6) is 0.764. The molecular formula is C9H12NS. The molecule has 1 aliphatic carbocycles. The fraction of sp³-hybridized carbons (Fsp3) is 0.667. The standard InChI is InChI=1S/C9H12NS/c1-2-4-8(5-3-1)9-10-6-7-11-9/h7-8H,1-5H2. The third-order valence-corrected chi connectivity index (χ3v) is 3.25. The predicted octanol–water partition coefficient (Wildman–Crippen LogP) is 2.99. The molecule has 1 aromatic rings. The van der Waals surface area contributed by atoms with Crippen LogP contribution >= 0.6 is 11.3 Å². The quantitative estimate of drug-likeness (QED) is 0.625. The SMILES string of the molecule is [c]1csc(C2CCCCC2)n1. The van der Waals surface area contributed by atoms with Crippen molar-refractivity contribution in [3.8, 4) is 0 Å². The molecule has 0 amide bonds. The molecule has 1 aliphatic rings. The number of thiazole rings is 1. The van der Waals surface area contributed by atoms with Crippen molar-refractivity contribution in [2.24, 2.45) is 0 Å². The van der Waals surface area contributed by atoms with E-state index in [-0.39, 0.29) is 0 Å². The van der Waals surface area contributed by atoms with Gasteiger partial charge in [0.15, 0.2) is 0 Å². The largest absolute Gasteiger partial charge is 0.239 e. The highest BCUT2D eigenvalue weighted by molar-refractivity contribution is 7.09. The Kier molecular flexibility index (Phi) is 2.22. The Bertz CT molecular complexity index is 199. The van der Waals surface area contributed by atoms with E-state index in [9.17, 15) is 0 Å². The Labute approximate surface area is 71.5 Å². The lowest BCUT2D eigenvalue weighted by molar-refractivity contribution is 0.442. The summed E-state index contributed by atoms with van der Waals surface area (Å²) < 4.78 is 0. The Morgan fingerprint density at radius 3 is 2.82 bits per heavy atom. The summed E-state index contributed by atoms with van der Waals surface area (Å²) in [5, 5.41) is 3.27. The highest BCUT2D eigenvalue weighted by atomic mass is 32.1. The maximum Gasteiger partial charge on any atom is 0.101 e. The smallest absolute Gasteiger partial charge is 0.101 e. The maximum atomic E-state index is 4.23. The summed E-state index contributed by atoms with van der Waals surface area (Å²) in [6, 6.07) is 0. The van der Waals surface area contributed by atoms with Gasteiger partial charge in [-0.2, -0.15) is 0 Å². The molecule has 1 fully saturated rings. The van der Waals surface area contributed by atoms with Crippen LogP contribution in [0.3, 0.4) is 0 Å². The van der Waals surface area contributed by atoms with E-state index in [0.717, 1.165) is 5.92 Å². The zero-order chi connectivity index (χ0) is 7.52. The van der Waals surface area contributed by atoms with Crippen molar-refractivity contribution < 1.29 is 0 Å². The zero-order valence-corrected chi connectivity index (χ0v) is 7.36. The van der Waals surface area contributed by atoms with Gasteiger partial charge in [-0.05, 0) is 12.8 Å². The minimum absolute atomic E-state index is 0.764. The molecule has 59 valence electrons. The van der Waals surface area contributed by atoms with Crippen molar-refractivity contribution in [2.45, 2.75) is 38.0 Å². The summed E-state index contributed by atoms with van der Waals surface area (Å²) in [4.78, 5) is 4.23. The third-order valence-electron chi connectivity index (χ3n) is 2.36.